The molecule has 11 rings (SSSR count). The van der Waals surface area contributed by atoms with Crippen molar-refractivity contribution in [2.24, 2.45) is 0 Å². The molecule has 0 amide bonds. The second-order valence-electron chi connectivity index (χ2n) is 14.4. The number of benzene rings is 9. The molecule has 0 aliphatic rings. The number of furan rings is 1. The van der Waals surface area contributed by atoms with Gasteiger partial charge in [-0.25, -0.2) is 15.0 Å². The number of hydrogen-bond donors (Lipinski definition) is 0. The van der Waals surface area contributed by atoms with Gasteiger partial charge in [-0.2, -0.15) is 0 Å². The van der Waals surface area contributed by atoms with Crippen molar-refractivity contribution in [3.05, 3.63) is 200 Å². The van der Waals surface area contributed by atoms with Gasteiger partial charge >= 0.3 is 0 Å². The first kappa shape index (κ1) is 32.7. The van der Waals surface area contributed by atoms with Gasteiger partial charge < -0.3 is 4.42 Å². The van der Waals surface area contributed by atoms with Crippen LogP contribution in [0.3, 0.4) is 0 Å². The Morgan fingerprint density at radius 2 is 0.842 bits per heavy atom. The van der Waals surface area contributed by atoms with E-state index in [0.29, 0.717) is 17.5 Å². The van der Waals surface area contributed by atoms with Gasteiger partial charge in [-0.05, 0) is 79.2 Å². The van der Waals surface area contributed by atoms with Crippen molar-refractivity contribution in [3.8, 4) is 67.5 Å². The van der Waals surface area contributed by atoms with Crippen LogP contribution in [0.1, 0.15) is 0 Å². The quantitative estimate of drug-likeness (QED) is 0.171. The average molecular weight is 728 g/mol. The summed E-state index contributed by atoms with van der Waals surface area (Å²) in [6.07, 6.45) is 0. The Bertz CT molecular complexity index is 3270. The van der Waals surface area contributed by atoms with Gasteiger partial charge in [0, 0.05) is 27.5 Å². The lowest BCUT2D eigenvalue weighted by atomic mass is 9.97. The van der Waals surface area contributed by atoms with Crippen LogP contribution >= 0.6 is 0 Å². The van der Waals surface area contributed by atoms with E-state index in [4.69, 9.17) is 19.4 Å². The van der Waals surface area contributed by atoms with Gasteiger partial charge in [-0.15, -0.1) is 0 Å². The molecule has 266 valence electrons. The fraction of sp³-hybridized carbons (Fsp3) is 0. The minimum absolute atomic E-state index is 0.590. The van der Waals surface area contributed by atoms with Gasteiger partial charge in [0.15, 0.2) is 17.5 Å². The highest BCUT2D eigenvalue weighted by Gasteiger charge is 2.19. The fourth-order valence-corrected chi connectivity index (χ4v) is 8.04. The fourth-order valence-electron chi connectivity index (χ4n) is 8.04. The number of aromatic nitrogens is 3. The van der Waals surface area contributed by atoms with Gasteiger partial charge in [-0.1, -0.05) is 176 Å². The van der Waals surface area contributed by atoms with Crippen LogP contribution in [0.15, 0.2) is 205 Å². The Balaban J connectivity index is 1.05. The van der Waals surface area contributed by atoms with Crippen LogP contribution in [-0.4, -0.2) is 15.0 Å². The second-order valence-corrected chi connectivity index (χ2v) is 14.4. The highest BCUT2D eigenvalue weighted by molar-refractivity contribution is 6.13. The third-order valence-electron chi connectivity index (χ3n) is 10.9. The molecule has 0 atom stereocenters. The Kier molecular flexibility index (Phi) is 7.78. The molecule has 0 radical (unpaired) electrons. The van der Waals surface area contributed by atoms with Crippen molar-refractivity contribution in [3.63, 3.8) is 0 Å². The maximum atomic E-state index is 6.47. The summed E-state index contributed by atoms with van der Waals surface area (Å²) in [6, 6.07) is 70.0. The summed E-state index contributed by atoms with van der Waals surface area (Å²) < 4.78 is 6.47. The topological polar surface area (TPSA) is 51.8 Å². The second kappa shape index (κ2) is 13.6. The van der Waals surface area contributed by atoms with E-state index < -0.39 is 0 Å². The molecule has 57 heavy (non-hydrogen) atoms. The predicted octanol–water partition coefficient (Wildman–Crippen LogP) is 14.1. The molecule has 0 spiro atoms. The molecule has 4 nitrogen and oxygen atoms in total. The normalized spacial score (nSPS) is 11.5. The van der Waals surface area contributed by atoms with E-state index >= 15 is 0 Å². The molecule has 0 aliphatic heterocycles. The summed E-state index contributed by atoms with van der Waals surface area (Å²) >= 11 is 0. The minimum atomic E-state index is 0.590. The third-order valence-corrected chi connectivity index (χ3v) is 10.9. The Morgan fingerprint density at radius 3 is 1.67 bits per heavy atom. The largest absolute Gasteiger partial charge is 0.456 e. The molecular weight excluding hydrogens is 695 g/mol. The first-order valence-corrected chi connectivity index (χ1v) is 19.2. The van der Waals surface area contributed by atoms with E-state index in [-0.39, 0.29) is 0 Å². The summed E-state index contributed by atoms with van der Waals surface area (Å²) in [4.78, 5) is 15.5. The van der Waals surface area contributed by atoms with Crippen LogP contribution in [0.25, 0.3) is 111 Å². The predicted molar refractivity (Wildman–Crippen MR) is 235 cm³/mol. The number of fused-ring (bicyclic) bond motifs is 5. The highest BCUT2D eigenvalue weighted by atomic mass is 16.3. The van der Waals surface area contributed by atoms with Crippen LogP contribution in [-0.2, 0) is 0 Å². The summed E-state index contributed by atoms with van der Waals surface area (Å²) in [5.41, 5.74) is 11.3. The first-order valence-electron chi connectivity index (χ1n) is 19.2. The van der Waals surface area contributed by atoms with Crippen LogP contribution in [0.2, 0.25) is 0 Å². The van der Waals surface area contributed by atoms with Crippen molar-refractivity contribution in [2.75, 3.05) is 0 Å². The Morgan fingerprint density at radius 1 is 0.281 bits per heavy atom. The number of nitrogens with zero attached hydrogens (tertiary/aromatic N) is 3. The summed E-state index contributed by atoms with van der Waals surface area (Å²) in [5.74, 6) is 1.81. The molecule has 2 heterocycles. The maximum Gasteiger partial charge on any atom is 0.164 e. The summed E-state index contributed by atoms with van der Waals surface area (Å²) in [7, 11) is 0. The number of rotatable bonds is 6. The highest BCUT2D eigenvalue weighted by Crippen LogP contribution is 2.39. The molecule has 9 aromatic carbocycles. The zero-order valence-electron chi connectivity index (χ0n) is 30.8. The molecule has 0 N–H and O–H groups in total. The molecule has 11 aromatic rings. The van der Waals surface area contributed by atoms with Crippen molar-refractivity contribution in [1.82, 2.24) is 15.0 Å². The summed E-state index contributed by atoms with van der Waals surface area (Å²) in [6.45, 7) is 0. The van der Waals surface area contributed by atoms with Crippen LogP contribution in [0, 0.1) is 0 Å². The van der Waals surface area contributed by atoms with Crippen molar-refractivity contribution >= 4 is 43.5 Å². The van der Waals surface area contributed by atoms with Crippen molar-refractivity contribution in [2.45, 2.75) is 0 Å². The van der Waals surface area contributed by atoms with Gasteiger partial charge in [-0.3, -0.25) is 0 Å². The lowest BCUT2D eigenvalue weighted by molar-refractivity contribution is 0.669. The minimum Gasteiger partial charge on any atom is -0.456 e. The van der Waals surface area contributed by atoms with Crippen LogP contribution < -0.4 is 0 Å². The molecule has 0 unspecified atom stereocenters. The monoisotopic (exact) mass is 727 g/mol. The van der Waals surface area contributed by atoms with Crippen molar-refractivity contribution < 1.29 is 4.42 Å². The molecule has 2 aromatic heterocycles. The summed E-state index contributed by atoms with van der Waals surface area (Å²) in [5, 5.41) is 6.73. The van der Waals surface area contributed by atoms with E-state index in [2.05, 4.69) is 182 Å². The SMILES string of the molecule is c1ccc(-c2ccc(-c3ccc4oc5cccc(-c6nc(-c7ccc(-c8cccc9ccccc89)cc7)nc(-c7ccc8ccccc8c7)n6)c5c4c3)cc2)cc1. The molecular formula is C53H33N3O. The smallest absolute Gasteiger partial charge is 0.164 e. The van der Waals surface area contributed by atoms with Gasteiger partial charge in [0.25, 0.3) is 0 Å². The zero-order valence-corrected chi connectivity index (χ0v) is 30.8. The third kappa shape index (κ3) is 5.92. The van der Waals surface area contributed by atoms with E-state index in [1.165, 1.54) is 32.8 Å². The van der Waals surface area contributed by atoms with E-state index in [0.717, 1.165) is 60.7 Å². The molecule has 0 fully saturated rings. The van der Waals surface area contributed by atoms with E-state index in [1.807, 2.05) is 18.2 Å². The van der Waals surface area contributed by atoms with Gasteiger partial charge in [0.05, 0.1) is 0 Å². The van der Waals surface area contributed by atoms with E-state index in [9.17, 15) is 0 Å². The standard InChI is InChI=1S/C53H33N3O/c1-2-10-34(11-3-1)36-20-22-37(23-21-36)42-30-31-48-47(33-42)50-46(18-9-19-49(50)57-48)53-55-51(54-52(56-53)43-29-24-35-12-4-5-14-41(35)32-43)40-27-25-39(26-28-40)45-17-8-15-38-13-6-7-16-44(38)45/h1-33H. The molecule has 0 bridgehead atoms. The number of hydrogen-bond acceptors (Lipinski definition) is 4. The van der Waals surface area contributed by atoms with Gasteiger partial charge in [0.1, 0.15) is 11.2 Å². The van der Waals surface area contributed by atoms with Gasteiger partial charge in [0.2, 0.25) is 0 Å². The molecule has 0 saturated heterocycles. The molecule has 0 saturated carbocycles. The zero-order chi connectivity index (χ0) is 37.7. The van der Waals surface area contributed by atoms with E-state index in [1.54, 1.807) is 0 Å². The first-order chi connectivity index (χ1) is 28.2. The molecule has 0 aliphatic carbocycles. The Hall–Kier alpha value is -7.69. The lowest BCUT2D eigenvalue weighted by Crippen LogP contribution is -2.00. The lowest BCUT2D eigenvalue weighted by Gasteiger charge is -2.11. The van der Waals surface area contributed by atoms with Crippen molar-refractivity contribution in [1.29, 1.82) is 0 Å². The maximum absolute atomic E-state index is 6.47. The average Bonchev–Trinajstić information content (AvgIpc) is 3.67. The Labute approximate surface area is 329 Å². The van der Waals surface area contributed by atoms with Crippen LogP contribution in [0.4, 0.5) is 0 Å². The molecule has 4 heteroatoms. The van der Waals surface area contributed by atoms with Crippen LogP contribution in [0.5, 0.6) is 0 Å².